The maximum atomic E-state index is 12.9. The summed E-state index contributed by atoms with van der Waals surface area (Å²) in [5.74, 6) is 0.604. The van der Waals surface area contributed by atoms with E-state index in [0.717, 1.165) is 58.5 Å². The van der Waals surface area contributed by atoms with Gasteiger partial charge < -0.3 is 10.1 Å². The van der Waals surface area contributed by atoms with E-state index in [1.165, 1.54) is 16.6 Å². The van der Waals surface area contributed by atoms with Gasteiger partial charge in [0.15, 0.2) is 0 Å². The molecule has 0 aliphatic heterocycles. The normalized spacial score (nSPS) is 14.1. The van der Waals surface area contributed by atoms with E-state index in [-0.39, 0.29) is 11.2 Å². The van der Waals surface area contributed by atoms with E-state index < -0.39 is 0 Å². The van der Waals surface area contributed by atoms with Crippen LogP contribution in [0.25, 0.3) is 10.9 Å². The lowest BCUT2D eigenvalue weighted by Gasteiger charge is -2.13. The molecule has 1 N–H and O–H groups in total. The van der Waals surface area contributed by atoms with Crippen LogP contribution in [0.15, 0.2) is 29.3 Å². The molecule has 1 atom stereocenters. The molecule has 1 aliphatic carbocycles. The predicted octanol–water partition coefficient (Wildman–Crippen LogP) is 5.48. The number of nitrogens with zero attached hydrogens (tertiary/aromatic N) is 2. The van der Waals surface area contributed by atoms with Crippen molar-refractivity contribution in [1.29, 1.82) is 5.26 Å². The van der Waals surface area contributed by atoms with E-state index in [9.17, 15) is 10.1 Å². The van der Waals surface area contributed by atoms with E-state index in [4.69, 9.17) is 9.72 Å². The number of amides is 1. The maximum Gasteiger partial charge on any atom is 0.238 e. The number of rotatable bonds is 5. The highest BCUT2D eigenvalue weighted by molar-refractivity contribution is 8.00. The first-order chi connectivity index (χ1) is 14.5. The van der Waals surface area contributed by atoms with Crippen LogP contribution in [0.5, 0.6) is 5.75 Å². The van der Waals surface area contributed by atoms with E-state index in [1.807, 2.05) is 38.1 Å². The molecule has 0 spiro atoms. The highest BCUT2D eigenvalue weighted by atomic mass is 32.2. The van der Waals surface area contributed by atoms with Gasteiger partial charge in [0.25, 0.3) is 0 Å². The second-order valence-corrected chi connectivity index (χ2v) is 9.88. The molecule has 0 fully saturated rings. The number of aryl methyl sites for hydroxylation is 2. The van der Waals surface area contributed by atoms with E-state index in [0.29, 0.717) is 10.6 Å². The van der Waals surface area contributed by atoms with Crippen LogP contribution in [0, 0.1) is 18.3 Å². The Morgan fingerprint density at radius 2 is 2.17 bits per heavy atom. The number of hydrogen-bond donors (Lipinski definition) is 1. The Hall–Kier alpha value is -2.56. The molecular weight excluding hydrogens is 414 g/mol. The number of benzene rings is 1. The largest absolute Gasteiger partial charge is 0.494 e. The number of anilines is 1. The summed E-state index contributed by atoms with van der Waals surface area (Å²) in [4.78, 5) is 18.9. The smallest absolute Gasteiger partial charge is 0.238 e. The number of carbonyl (C=O) groups is 1. The van der Waals surface area contributed by atoms with Crippen LogP contribution >= 0.6 is 23.1 Å². The summed E-state index contributed by atoms with van der Waals surface area (Å²) in [5.41, 5.74) is 3.66. The Labute approximate surface area is 184 Å². The summed E-state index contributed by atoms with van der Waals surface area (Å²) in [7, 11) is 1.63. The molecule has 1 aliphatic rings. The Balaban J connectivity index is 1.55. The van der Waals surface area contributed by atoms with Crippen LogP contribution in [0.2, 0.25) is 0 Å². The number of fused-ring (bicyclic) bond motifs is 2. The van der Waals surface area contributed by atoms with Gasteiger partial charge in [0.05, 0.1) is 22.9 Å². The summed E-state index contributed by atoms with van der Waals surface area (Å²) >= 11 is 2.96. The zero-order valence-corrected chi connectivity index (χ0v) is 18.9. The molecule has 0 radical (unpaired) electrons. The number of thioether (sulfide) groups is 1. The molecule has 7 heteroatoms. The second kappa shape index (κ2) is 8.66. The van der Waals surface area contributed by atoms with Gasteiger partial charge in [0, 0.05) is 10.3 Å². The molecule has 1 unspecified atom stereocenters. The lowest BCUT2D eigenvalue weighted by molar-refractivity contribution is -0.115. The van der Waals surface area contributed by atoms with Crippen LogP contribution < -0.4 is 10.1 Å². The van der Waals surface area contributed by atoms with Crippen molar-refractivity contribution in [3.05, 3.63) is 45.8 Å². The number of ether oxygens (including phenoxy) is 1. The van der Waals surface area contributed by atoms with Crippen LogP contribution in [0.3, 0.4) is 0 Å². The number of aromatic nitrogens is 1. The number of carbonyl (C=O) groups excluding carboxylic acids is 1. The van der Waals surface area contributed by atoms with Crippen LogP contribution in [0.4, 0.5) is 5.00 Å². The number of nitriles is 1. The van der Waals surface area contributed by atoms with Gasteiger partial charge in [-0.15, -0.1) is 11.3 Å². The summed E-state index contributed by atoms with van der Waals surface area (Å²) in [5, 5.41) is 14.8. The molecule has 5 nitrogen and oxygen atoms in total. The Kier molecular flexibility index (Phi) is 5.98. The van der Waals surface area contributed by atoms with Gasteiger partial charge >= 0.3 is 0 Å². The SMILES string of the molecule is COc1cccc2c(C)cc(SC(C)C(=O)Nc3sc4c(c3C#N)CCCC4)nc12. The Morgan fingerprint density at radius 1 is 1.37 bits per heavy atom. The molecule has 1 amide bonds. The monoisotopic (exact) mass is 437 g/mol. The molecule has 0 saturated heterocycles. The summed E-state index contributed by atoms with van der Waals surface area (Å²) in [6.07, 6.45) is 4.18. The predicted molar refractivity (Wildman–Crippen MR) is 123 cm³/mol. The van der Waals surface area contributed by atoms with Gasteiger partial charge in [0.2, 0.25) is 5.91 Å². The topological polar surface area (TPSA) is 75.0 Å². The zero-order chi connectivity index (χ0) is 21.3. The minimum Gasteiger partial charge on any atom is -0.494 e. The number of pyridine rings is 1. The minimum absolute atomic E-state index is 0.116. The number of methoxy groups -OCH3 is 1. The lowest BCUT2D eigenvalue weighted by atomic mass is 9.96. The van der Waals surface area contributed by atoms with Crippen LogP contribution in [0.1, 0.15) is 41.3 Å². The zero-order valence-electron chi connectivity index (χ0n) is 17.2. The van der Waals surface area contributed by atoms with Gasteiger partial charge in [-0.3, -0.25) is 4.79 Å². The summed E-state index contributed by atoms with van der Waals surface area (Å²) < 4.78 is 5.45. The third-order valence-electron chi connectivity index (χ3n) is 5.39. The van der Waals surface area contributed by atoms with Crippen molar-refractivity contribution >= 4 is 44.9 Å². The molecule has 30 heavy (non-hydrogen) atoms. The minimum atomic E-state index is -0.352. The molecule has 4 rings (SSSR count). The average molecular weight is 438 g/mol. The van der Waals surface area contributed by atoms with E-state index in [1.54, 1.807) is 18.4 Å². The van der Waals surface area contributed by atoms with Crippen molar-refractivity contribution in [1.82, 2.24) is 4.98 Å². The molecule has 0 bridgehead atoms. The average Bonchev–Trinajstić information content (AvgIpc) is 3.10. The van der Waals surface area contributed by atoms with Gasteiger partial charge in [0.1, 0.15) is 22.3 Å². The first-order valence-corrected chi connectivity index (χ1v) is 11.7. The Morgan fingerprint density at radius 3 is 2.93 bits per heavy atom. The molecular formula is C23H23N3O2S2. The molecule has 0 saturated carbocycles. The van der Waals surface area contributed by atoms with Crippen molar-refractivity contribution in [2.24, 2.45) is 0 Å². The second-order valence-electron chi connectivity index (χ2n) is 7.41. The van der Waals surface area contributed by atoms with Crippen molar-refractivity contribution in [2.45, 2.75) is 49.8 Å². The van der Waals surface area contributed by atoms with Crippen molar-refractivity contribution < 1.29 is 9.53 Å². The fourth-order valence-corrected chi connectivity index (χ4v) is 5.97. The molecule has 1 aromatic carbocycles. The van der Waals surface area contributed by atoms with Gasteiger partial charge in [-0.25, -0.2) is 4.98 Å². The van der Waals surface area contributed by atoms with E-state index in [2.05, 4.69) is 11.4 Å². The molecule has 154 valence electrons. The van der Waals surface area contributed by atoms with Crippen molar-refractivity contribution in [3.63, 3.8) is 0 Å². The summed E-state index contributed by atoms with van der Waals surface area (Å²) in [6.45, 7) is 3.90. The van der Waals surface area contributed by atoms with Crippen LogP contribution in [-0.4, -0.2) is 23.3 Å². The molecule has 2 aromatic heterocycles. The maximum absolute atomic E-state index is 12.9. The fraction of sp³-hybridized carbons (Fsp3) is 0.348. The number of para-hydroxylation sites is 1. The van der Waals surface area contributed by atoms with E-state index >= 15 is 0 Å². The highest BCUT2D eigenvalue weighted by Crippen LogP contribution is 2.38. The number of hydrogen-bond acceptors (Lipinski definition) is 6. The number of thiophene rings is 1. The highest BCUT2D eigenvalue weighted by Gasteiger charge is 2.24. The van der Waals surface area contributed by atoms with Gasteiger partial charge in [-0.2, -0.15) is 5.26 Å². The third-order valence-corrected chi connectivity index (χ3v) is 7.62. The summed E-state index contributed by atoms with van der Waals surface area (Å²) in [6, 6.07) is 10.2. The van der Waals surface area contributed by atoms with Crippen LogP contribution in [-0.2, 0) is 17.6 Å². The molecule has 3 aromatic rings. The Bertz CT molecular complexity index is 1160. The van der Waals surface area contributed by atoms with Crippen molar-refractivity contribution in [2.75, 3.05) is 12.4 Å². The number of nitrogens with one attached hydrogen (secondary N) is 1. The lowest BCUT2D eigenvalue weighted by Crippen LogP contribution is -2.22. The first kappa shape index (κ1) is 20.7. The fourth-order valence-electron chi connectivity index (χ4n) is 3.81. The van der Waals surface area contributed by atoms with Gasteiger partial charge in [-0.1, -0.05) is 23.9 Å². The van der Waals surface area contributed by atoms with Crippen molar-refractivity contribution in [3.8, 4) is 11.8 Å². The first-order valence-electron chi connectivity index (χ1n) is 9.98. The quantitative estimate of drug-likeness (QED) is 0.535. The third kappa shape index (κ3) is 3.90. The molecule has 2 heterocycles. The van der Waals surface area contributed by atoms with Gasteiger partial charge in [-0.05, 0) is 62.8 Å². The standard InChI is InChI=1S/C23H23N3O2S2/c1-13-11-20(25-21-15(13)8-6-9-18(21)28-3)29-14(2)22(27)26-23-17(12-24)16-7-4-5-10-19(16)30-23/h6,8-9,11,14H,4-5,7,10H2,1-3H3,(H,26,27).